The molecular formula is C17H24N4O2. The summed E-state index contributed by atoms with van der Waals surface area (Å²) in [6, 6.07) is 4.14. The van der Waals surface area contributed by atoms with Crippen LogP contribution in [-0.2, 0) is 9.53 Å². The molecule has 0 N–H and O–H groups in total. The molecule has 0 bridgehead atoms. The van der Waals surface area contributed by atoms with Gasteiger partial charge < -0.3 is 18.9 Å². The van der Waals surface area contributed by atoms with E-state index in [0.29, 0.717) is 13.0 Å². The maximum absolute atomic E-state index is 12.4. The number of hydrogen-bond acceptors (Lipinski definition) is 4. The zero-order valence-corrected chi connectivity index (χ0v) is 14.0. The van der Waals surface area contributed by atoms with Crippen LogP contribution in [0.25, 0.3) is 5.52 Å². The molecule has 0 saturated carbocycles. The Kier molecular flexibility index (Phi) is 4.52. The fourth-order valence-corrected chi connectivity index (χ4v) is 3.24. The van der Waals surface area contributed by atoms with Gasteiger partial charge in [-0.05, 0) is 25.0 Å². The van der Waals surface area contributed by atoms with Gasteiger partial charge in [0.1, 0.15) is 0 Å². The molecule has 0 unspecified atom stereocenters. The van der Waals surface area contributed by atoms with Crippen molar-refractivity contribution < 1.29 is 9.53 Å². The summed E-state index contributed by atoms with van der Waals surface area (Å²) in [5.41, 5.74) is 2.04. The fraction of sp³-hybridized carbons (Fsp3) is 0.529. The molecule has 1 amide bonds. The van der Waals surface area contributed by atoms with Crippen molar-refractivity contribution in [1.29, 1.82) is 0 Å². The van der Waals surface area contributed by atoms with Gasteiger partial charge in [-0.3, -0.25) is 4.79 Å². The second-order valence-electron chi connectivity index (χ2n) is 6.17. The maximum Gasteiger partial charge on any atom is 0.225 e. The summed E-state index contributed by atoms with van der Waals surface area (Å²) in [6.45, 7) is 1.27. The minimum atomic E-state index is 0.0601. The number of amides is 1. The van der Waals surface area contributed by atoms with Crippen molar-refractivity contribution in [2.24, 2.45) is 0 Å². The van der Waals surface area contributed by atoms with Gasteiger partial charge in [0.2, 0.25) is 5.91 Å². The predicted octanol–water partition coefficient (Wildman–Crippen LogP) is 2.10. The van der Waals surface area contributed by atoms with Crippen LogP contribution < -0.4 is 4.90 Å². The average Bonchev–Trinajstić information content (AvgIpc) is 3.19. The third-order valence-corrected chi connectivity index (χ3v) is 4.37. The molecule has 1 atom stereocenters. The predicted molar refractivity (Wildman–Crippen MR) is 89.7 cm³/mol. The Morgan fingerprint density at radius 3 is 3.04 bits per heavy atom. The highest BCUT2D eigenvalue weighted by Crippen LogP contribution is 2.33. The number of carbonyl (C=O) groups excluding carboxylic acids is 1. The number of rotatable bonds is 5. The van der Waals surface area contributed by atoms with Gasteiger partial charge in [0.25, 0.3) is 0 Å². The lowest BCUT2D eigenvalue weighted by molar-refractivity contribution is -0.133. The van der Waals surface area contributed by atoms with Gasteiger partial charge >= 0.3 is 0 Å². The Bertz CT molecular complexity index is 695. The topological polar surface area (TPSA) is 50.1 Å². The van der Waals surface area contributed by atoms with Gasteiger partial charge in [-0.2, -0.15) is 0 Å². The maximum atomic E-state index is 12.4. The summed E-state index contributed by atoms with van der Waals surface area (Å²) in [7, 11) is 5.62. The van der Waals surface area contributed by atoms with Crippen LogP contribution in [0, 0.1) is 0 Å². The van der Waals surface area contributed by atoms with Crippen molar-refractivity contribution in [2.45, 2.75) is 25.3 Å². The molecule has 2 aromatic rings. The molecule has 2 aromatic heterocycles. The fourth-order valence-electron chi connectivity index (χ4n) is 3.24. The molecule has 1 saturated heterocycles. The van der Waals surface area contributed by atoms with Gasteiger partial charge in [-0.1, -0.05) is 0 Å². The molecule has 3 rings (SSSR count). The summed E-state index contributed by atoms with van der Waals surface area (Å²) in [5.74, 6) is 1.08. The lowest BCUT2D eigenvalue weighted by atomic mass is 10.1. The number of anilines is 1. The van der Waals surface area contributed by atoms with Gasteiger partial charge in [-0.25, -0.2) is 4.98 Å². The second kappa shape index (κ2) is 6.58. The first-order valence-corrected chi connectivity index (χ1v) is 8.05. The van der Waals surface area contributed by atoms with Crippen LogP contribution in [0.4, 0.5) is 5.82 Å². The number of aromatic nitrogens is 2. The van der Waals surface area contributed by atoms with Crippen molar-refractivity contribution >= 4 is 17.2 Å². The van der Waals surface area contributed by atoms with E-state index in [1.54, 1.807) is 7.11 Å². The summed E-state index contributed by atoms with van der Waals surface area (Å²) < 4.78 is 7.13. The summed E-state index contributed by atoms with van der Waals surface area (Å²) >= 11 is 0. The van der Waals surface area contributed by atoms with Gasteiger partial charge in [0.05, 0.1) is 30.3 Å². The number of likely N-dealkylation sites (tertiary alicyclic amines) is 1. The van der Waals surface area contributed by atoms with E-state index < -0.39 is 0 Å². The normalized spacial score (nSPS) is 17.9. The van der Waals surface area contributed by atoms with Crippen molar-refractivity contribution in [3.8, 4) is 0 Å². The van der Waals surface area contributed by atoms with Crippen LogP contribution in [-0.4, -0.2) is 54.5 Å². The summed E-state index contributed by atoms with van der Waals surface area (Å²) in [6.07, 6.45) is 6.49. The molecular weight excluding hydrogens is 292 g/mol. The first kappa shape index (κ1) is 15.8. The number of ether oxygens (including phenoxy) is 1. The zero-order chi connectivity index (χ0) is 16.4. The SMILES string of the molecule is COCCC(=O)N1CCC[C@@H]1c1cn2cccc2c(N(C)C)n1. The van der Waals surface area contributed by atoms with Crippen molar-refractivity contribution in [1.82, 2.24) is 14.3 Å². The zero-order valence-electron chi connectivity index (χ0n) is 14.0. The molecule has 23 heavy (non-hydrogen) atoms. The first-order valence-electron chi connectivity index (χ1n) is 8.05. The van der Waals surface area contributed by atoms with Gasteiger partial charge in [-0.15, -0.1) is 0 Å². The number of carbonyl (C=O) groups is 1. The van der Waals surface area contributed by atoms with E-state index in [2.05, 4.69) is 16.7 Å². The van der Waals surface area contributed by atoms with Gasteiger partial charge in [0.15, 0.2) is 5.82 Å². The Morgan fingerprint density at radius 1 is 1.48 bits per heavy atom. The third-order valence-electron chi connectivity index (χ3n) is 4.37. The second-order valence-corrected chi connectivity index (χ2v) is 6.17. The minimum Gasteiger partial charge on any atom is -0.384 e. The van der Waals surface area contributed by atoms with Crippen LogP contribution in [0.2, 0.25) is 0 Å². The standard InChI is InChI=1S/C17H24N4O2/c1-19(2)17-15-7-4-9-20(15)12-13(18-17)14-6-5-10-21(14)16(22)8-11-23-3/h4,7,9,12,14H,5-6,8,10-11H2,1-3H3/t14-/m1/s1. The molecule has 0 aromatic carbocycles. The molecule has 0 aliphatic carbocycles. The van der Waals surface area contributed by atoms with Crippen molar-refractivity contribution in [3.63, 3.8) is 0 Å². The smallest absolute Gasteiger partial charge is 0.225 e. The van der Waals surface area contributed by atoms with Crippen LogP contribution in [0.15, 0.2) is 24.5 Å². The number of methoxy groups -OCH3 is 1. The Labute approximate surface area is 136 Å². The van der Waals surface area contributed by atoms with E-state index in [0.717, 1.165) is 36.4 Å². The van der Waals surface area contributed by atoms with E-state index in [-0.39, 0.29) is 11.9 Å². The highest BCUT2D eigenvalue weighted by atomic mass is 16.5. The Morgan fingerprint density at radius 2 is 2.30 bits per heavy atom. The minimum absolute atomic E-state index is 0.0601. The van der Waals surface area contributed by atoms with Crippen LogP contribution in [0.5, 0.6) is 0 Å². The lowest BCUT2D eigenvalue weighted by Crippen LogP contribution is -2.32. The van der Waals surface area contributed by atoms with E-state index in [1.807, 2.05) is 36.2 Å². The average molecular weight is 316 g/mol. The molecule has 6 heteroatoms. The molecule has 0 radical (unpaired) electrons. The van der Waals surface area contributed by atoms with E-state index >= 15 is 0 Å². The number of hydrogen-bond donors (Lipinski definition) is 0. The number of nitrogens with zero attached hydrogens (tertiary/aromatic N) is 4. The number of fused-ring (bicyclic) bond motifs is 1. The summed E-state index contributed by atoms with van der Waals surface area (Å²) in [5, 5.41) is 0. The molecule has 0 spiro atoms. The van der Waals surface area contributed by atoms with Crippen molar-refractivity contribution in [2.75, 3.05) is 39.3 Å². The molecule has 1 aliphatic heterocycles. The molecule has 1 fully saturated rings. The quantitative estimate of drug-likeness (QED) is 0.847. The molecule has 3 heterocycles. The highest BCUT2D eigenvalue weighted by Gasteiger charge is 2.31. The van der Waals surface area contributed by atoms with E-state index in [4.69, 9.17) is 9.72 Å². The van der Waals surface area contributed by atoms with Gasteiger partial charge in [0, 0.05) is 40.1 Å². The van der Waals surface area contributed by atoms with Crippen molar-refractivity contribution in [3.05, 3.63) is 30.2 Å². The lowest BCUT2D eigenvalue weighted by Gasteiger charge is -2.25. The Balaban J connectivity index is 1.93. The highest BCUT2D eigenvalue weighted by molar-refractivity contribution is 5.77. The molecule has 1 aliphatic rings. The van der Waals surface area contributed by atoms with Crippen LogP contribution in [0.1, 0.15) is 31.0 Å². The first-order chi connectivity index (χ1) is 11.1. The van der Waals surface area contributed by atoms with E-state index in [9.17, 15) is 4.79 Å². The Hall–Kier alpha value is -2.08. The van der Waals surface area contributed by atoms with Crippen LogP contribution >= 0.6 is 0 Å². The third kappa shape index (κ3) is 3.03. The summed E-state index contributed by atoms with van der Waals surface area (Å²) in [4.78, 5) is 21.2. The monoisotopic (exact) mass is 316 g/mol. The molecule has 6 nitrogen and oxygen atoms in total. The van der Waals surface area contributed by atoms with Crippen LogP contribution in [0.3, 0.4) is 0 Å². The van der Waals surface area contributed by atoms with E-state index in [1.165, 1.54) is 0 Å². The molecule has 124 valence electrons. The largest absolute Gasteiger partial charge is 0.384 e.